The van der Waals surface area contributed by atoms with Gasteiger partial charge in [0.25, 0.3) is 0 Å². The Morgan fingerprint density at radius 2 is 2.16 bits per heavy atom. The molecular weight excluding hydrogens is 258 g/mol. The lowest BCUT2D eigenvalue weighted by molar-refractivity contribution is 0.0813. The number of furan rings is 1. The van der Waals surface area contributed by atoms with Crippen molar-refractivity contribution >= 4 is 22.7 Å². The maximum Gasteiger partial charge on any atom is 0.134 e. The molecule has 104 valence electrons. The Morgan fingerprint density at radius 1 is 1.42 bits per heavy atom. The van der Waals surface area contributed by atoms with Crippen LogP contribution in [0.5, 0.6) is 0 Å². The SMILES string of the molecule is CSCC(C)(O)CNC(C)c1cc2ccccc2o1. The number of fused-ring (bicyclic) bond motifs is 1. The van der Waals surface area contributed by atoms with Gasteiger partial charge in [0.2, 0.25) is 0 Å². The molecule has 2 N–H and O–H groups in total. The van der Waals surface area contributed by atoms with Crippen molar-refractivity contribution in [2.75, 3.05) is 18.6 Å². The molecule has 0 spiro atoms. The molecule has 1 heterocycles. The van der Waals surface area contributed by atoms with Crippen LogP contribution in [0.4, 0.5) is 0 Å². The largest absolute Gasteiger partial charge is 0.459 e. The molecule has 0 amide bonds. The minimum atomic E-state index is -0.695. The van der Waals surface area contributed by atoms with Crippen molar-refractivity contribution in [1.82, 2.24) is 5.32 Å². The smallest absolute Gasteiger partial charge is 0.134 e. The zero-order chi connectivity index (χ0) is 13.9. The summed E-state index contributed by atoms with van der Waals surface area (Å²) in [7, 11) is 0. The van der Waals surface area contributed by atoms with E-state index in [0.717, 1.165) is 16.7 Å². The lowest BCUT2D eigenvalue weighted by Crippen LogP contribution is -2.40. The fourth-order valence-electron chi connectivity index (χ4n) is 2.05. The van der Waals surface area contributed by atoms with Crippen LogP contribution in [0.2, 0.25) is 0 Å². The standard InChI is InChI=1S/C15H21NO2S/c1-11(16-9-15(2,17)10-19-3)14-8-12-6-4-5-7-13(12)18-14/h4-8,11,16-17H,9-10H2,1-3H3. The summed E-state index contributed by atoms with van der Waals surface area (Å²) < 4.78 is 5.81. The molecule has 19 heavy (non-hydrogen) atoms. The Balaban J connectivity index is 2.01. The van der Waals surface area contributed by atoms with E-state index in [1.165, 1.54) is 0 Å². The molecule has 2 aromatic rings. The highest BCUT2D eigenvalue weighted by Crippen LogP contribution is 2.23. The Hall–Kier alpha value is -0.970. The van der Waals surface area contributed by atoms with E-state index in [9.17, 15) is 5.11 Å². The maximum absolute atomic E-state index is 10.1. The Labute approximate surface area is 118 Å². The van der Waals surface area contributed by atoms with E-state index in [-0.39, 0.29) is 6.04 Å². The van der Waals surface area contributed by atoms with E-state index in [4.69, 9.17) is 4.42 Å². The molecule has 3 nitrogen and oxygen atoms in total. The first-order valence-corrected chi connectivity index (χ1v) is 7.84. The average Bonchev–Trinajstić information content (AvgIpc) is 2.79. The van der Waals surface area contributed by atoms with Crippen LogP contribution >= 0.6 is 11.8 Å². The van der Waals surface area contributed by atoms with Crippen LogP contribution in [-0.2, 0) is 0 Å². The Morgan fingerprint density at radius 3 is 2.84 bits per heavy atom. The third-order valence-corrected chi connectivity index (χ3v) is 4.03. The molecule has 0 saturated heterocycles. The predicted octanol–water partition coefficient (Wildman–Crippen LogP) is 3.20. The topological polar surface area (TPSA) is 45.4 Å². The van der Waals surface area contributed by atoms with E-state index in [2.05, 4.69) is 11.4 Å². The summed E-state index contributed by atoms with van der Waals surface area (Å²) in [6, 6.07) is 10.1. The van der Waals surface area contributed by atoms with Crippen LogP contribution in [-0.4, -0.2) is 29.3 Å². The van der Waals surface area contributed by atoms with Gasteiger partial charge in [-0.05, 0) is 32.2 Å². The Kier molecular flexibility index (Phi) is 4.55. The molecule has 0 aliphatic carbocycles. The molecule has 0 aliphatic heterocycles. The first-order chi connectivity index (χ1) is 9.02. The number of thioether (sulfide) groups is 1. The summed E-state index contributed by atoms with van der Waals surface area (Å²) in [5.74, 6) is 1.62. The fourth-order valence-corrected chi connectivity index (χ4v) is 2.78. The lowest BCUT2D eigenvalue weighted by atomic mass is 10.1. The highest BCUT2D eigenvalue weighted by atomic mass is 32.2. The molecule has 4 heteroatoms. The van der Waals surface area contributed by atoms with Crippen molar-refractivity contribution in [3.05, 3.63) is 36.1 Å². The van der Waals surface area contributed by atoms with Gasteiger partial charge in [0, 0.05) is 17.7 Å². The number of nitrogens with one attached hydrogen (secondary N) is 1. The molecule has 1 aromatic carbocycles. The lowest BCUT2D eigenvalue weighted by Gasteiger charge is -2.24. The molecule has 1 aromatic heterocycles. The van der Waals surface area contributed by atoms with Gasteiger partial charge in [-0.3, -0.25) is 0 Å². The van der Waals surface area contributed by atoms with Crippen molar-refractivity contribution in [2.24, 2.45) is 0 Å². The van der Waals surface area contributed by atoms with Crippen LogP contribution in [0, 0.1) is 0 Å². The van der Waals surface area contributed by atoms with E-state index < -0.39 is 5.60 Å². The van der Waals surface area contributed by atoms with Gasteiger partial charge in [0.05, 0.1) is 11.6 Å². The van der Waals surface area contributed by atoms with Crippen LogP contribution in [0.15, 0.2) is 34.7 Å². The van der Waals surface area contributed by atoms with Gasteiger partial charge in [-0.25, -0.2) is 0 Å². The van der Waals surface area contributed by atoms with Gasteiger partial charge >= 0.3 is 0 Å². The second-order valence-electron chi connectivity index (χ2n) is 5.22. The highest BCUT2D eigenvalue weighted by molar-refractivity contribution is 7.98. The number of para-hydroxylation sites is 1. The first-order valence-electron chi connectivity index (χ1n) is 6.45. The molecular formula is C15H21NO2S. The van der Waals surface area contributed by atoms with Crippen LogP contribution in [0.1, 0.15) is 25.6 Å². The van der Waals surface area contributed by atoms with Gasteiger partial charge in [-0.2, -0.15) is 11.8 Å². The summed E-state index contributed by atoms with van der Waals surface area (Å²) in [5, 5.41) is 14.6. The normalized spacial score (nSPS) is 16.4. The number of aliphatic hydroxyl groups is 1. The summed E-state index contributed by atoms with van der Waals surface area (Å²) >= 11 is 1.65. The average molecular weight is 279 g/mol. The van der Waals surface area contributed by atoms with Crippen molar-refractivity contribution in [1.29, 1.82) is 0 Å². The molecule has 0 bridgehead atoms. The second kappa shape index (κ2) is 5.99. The van der Waals surface area contributed by atoms with Crippen LogP contribution in [0.25, 0.3) is 11.0 Å². The molecule has 2 atom stereocenters. The van der Waals surface area contributed by atoms with E-state index in [1.807, 2.05) is 44.4 Å². The minimum absolute atomic E-state index is 0.0840. The molecule has 0 radical (unpaired) electrons. The van der Waals surface area contributed by atoms with E-state index in [1.54, 1.807) is 11.8 Å². The third-order valence-electron chi connectivity index (χ3n) is 3.12. The van der Waals surface area contributed by atoms with Gasteiger partial charge in [0.15, 0.2) is 0 Å². The number of benzene rings is 1. The zero-order valence-electron chi connectivity index (χ0n) is 11.6. The molecule has 2 unspecified atom stereocenters. The molecule has 0 fully saturated rings. The maximum atomic E-state index is 10.1. The van der Waals surface area contributed by atoms with Gasteiger partial charge in [-0.15, -0.1) is 0 Å². The molecule has 0 aliphatic rings. The zero-order valence-corrected chi connectivity index (χ0v) is 12.5. The molecule has 0 saturated carbocycles. The third kappa shape index (κ3) is 3.75. The summed E-state index contributed by atoms with van der Waals surface area (Å²) in [5.41, 5.74) is 0.210. The van der Waals surface area contributed by atoms with Crippen molar-refractivity contribution in [2.45, 2.75) is 25.5 Å². The predicted molar refractivity (Wildman–Crippen MR) is 81.6 cm³/mol. The van der Waals surface area contributed by atoms with Crippen LogP contribution in [0.3, 0.4) is 0 Å². The van der Waals surface area contributed by atoms with Gasteiger partial charge in [0.1, 0.15) is 11.3 Å². The van der Waals surface area contributed by atoms with Gasteiger partial charge in [-0.1, -0.05) is 18.2 Å². The number of hydrogen-bond acceptors (Lipinski definition) is 4. The minimum Gasteiger partial charge on any atom is -0.459 e. The second-order valence-corrected chi connectivity index (χ2v) is 6.09. The van der Waals surface area contributed by atoms with Gasteiger partial charge < -0.3 is 14.8 Å². The monoisotopic (exact) mass is 279 g/mol. The molecule has 2 rings (SSSR count). The van der Waals surface area contributed by atoms with E-state index in [0.29, 0.717) is 12.3 Å². The number of rotatable bonds is 6. The fraction of sp³-hybridized carbons (Fsp3) is 0.467. The summed E-state index contributed by atoms with van der Waals surface area (Å²) in [4.78, 5) is 0. The van der Waals surface area contributed by atoms with Crippen molar-refractivity contribution in [3.8, 4) is 0 Å². The Bertz CT molecular complexity index is 503. The first kappa shape index (κ1) is 14.4. The van der Waals surface area contributed by atoms with E-state index >= 15 is 0 Å². The summed E-state index contributed by atoms with van der Waals surface area (Å²) in [6.07, 6.45) is 2.00. The summed E-state index contributed by atoms with van der Waals surface area (Å²) in [6.45, 7) is 4.45. The highest BCUT2D eigenvalue weighted by Gasteiger charge is 2.21. The number of hydrogen-bond donors (Lipinski definition) is 2. The van der Waals surface area contributed by atoms with Crippen molar-refractivity contribution < 1.29 is 9.52 Å². The van der Waals surface area contributed by atoms with Crippen LogP contribution < -0.4 is 5.32 Å². The quantitative estimate of drug-likeness (QED) is 0.852. The van der Waals surface area contributed by atoms with Crippen molar-refractivity contribution in [3.63, 3.8) is 0 Å².